The highest BCUT2D eigenvalue weighted by molar-refractivity contribution is 7.20. The van der Waals surface area contributed by atoms with E-state index in [1.54, 1.807) is 0 Å². The molecule has 1 fully saturated rings. The number of amides is 1. The number of nitrogens with one attached hydrogen (secondary N) is 1. The highest BCUT2D eigenvalue weighted by atomic mass is 32.1. The molecule has 27 heavy (non-hydrogen) atoms. The molecule has 1 amide bonds. The van der Waals surface area contributed by atoms with Gasteiger partial charge in [-0.1, -0.05) is 29.0 Å². The van der Waals surface area contributed by atoms with E-state index in [0.29, 0.717) is 42.1 Å². The zero-order valence-corrected chi connectivity index (χ0v) is 15.9. The molecule has 1 aliphatic rings. The van der Waals surface area contributed by atoms with Gasteiger partial charge in [-0.2, -0.15) is 4.52 Å². The largest absolute Gasteiger partial charge is 0.378 e. The molecule has 1 saturated heterocycles. The number of ether oxygens (including phenoxy) is 1. The molecule has 0 spiro atoms. The molecule has 2 aromatic heterocycles. The third-order valence-electron chi connectivity index (χ3n) is 4.43. The molecule has 0 saturated carbocycles. The van der Waals surface area contributed by atoms with Crippen LogP contribution in [0.4, 0.5) is 10.8 Å². The lowest BCUT2D eigenvalue weighted by Crippen LogP contribution is -2.36. The molecule has 8 nitrogen and oxygen atoms in total. The molecule has 0 aliphatic carbocycles. The number of rotatable bonds is 3. The fourth-order valence-electron chi connectivity index (χ4n) is 2.96. The summed E-state index contributed by atoms with van der Waals surface area (Å²) in [5.74, 6) is -0.491. The van der Waals surface area contributed by atoms with Crippen molar-refractivity contribution >= 4 is 33.0 Å². The molecular weight excluding hydrogens is 366 g/mol. The molecule has 3 aromatic rings. The Morgan fingerprint density at radius 2 is 2.04 bits per heavy atom. The van der Waals surface area contributed by atoms with Crippen LogP contribution in [0.1, 0.15) is 21.5 Å². The van der Waals surface area contributed by atoms with E-state index in [4.69, 9.17) is 4.74 Å². The number of carbonyl (C=O) groups excluding carboxylic acids is 1. The van der Waals surface area contributed by atoms with Crippen molar-refractivity contribution in [2.24, 2.45) is 0 Å². The van der Waals surface area contributed by atoms with Gasteiger partial charge in [0.25, 0.3) is 11.5 Å². The summed E-state index contributed by atoms with van der Waals surface area (Å²) in [5, 5.41) is 7.86. The van der Waals surface area contributed by atoms with E-state index in [1.807, 2.05) is 32.0 Å². The molecule has 0 radical (unpaired) electrons. The minimum Gasteiger partial charge on any atom is -0.378 e. The second-order valence-corrected chi connectivity index (χ2v) is 7.36. The summed E-state index contributed by atoms with van der Waals surface area (Å²) in [6, 6.07) is 5.70. The number of aryl methyl sites for hydroxylation is 2. The Kier molecular flexibility index (Phi) is 4.63. The third-order valence-corrected chi connectivity index (χ3v) is 5.42. The number of fused-ring (bicyclic) bond motifs is 1. The van der Waals surface area contributed by atoms with Crippen LogP contribution in [0.3, 0.4) is 0 Å². The molecule has 0 bridgehead atoms. The van der Waals surface area contributed by atoms with E-state index in [9.17, 15) is 9.59 Å². The number of hydrogen-bond acceptors (Lipinski definition) is 7. The average Bonchev–Trinajstić information content (AvgIpc) is 3.10. The molecule has 4 rings (SSSR count). The minimum atomic E-state index is -0.491. The van der Waals surface area contributed by atoms with Gasteiger partial charge >= 0.3 is 0 Å². The van der Waals surface area contributed by atoms with Crippen LogP contribution < -0.4 is 15.8 Å². The Morgan fingerprint density at radius 3 is 2.78 bits per heavy atom. The third kappa shape index (κ3) is 3.43. The van der Waals surface area contributed by atoms with Gasteiger partial charge in [0.05, 0.1) is 13.2 Å². The molecule has 1 N–H and O–H groups in total. The fraction of sp³-hybridized carbons (Fsp3) is 0.333. The van der Waals surface area contributed by atoms with Gasteiger partial charge in [0.1, 0.15) is 5.56 Å². The molecule has 1 aliphatic heterocycles. The van der Waals surface area contributed by atoms with Gasteiger partial charge < -0.3 is 15.0 Å². The highest BCUT2D eigenvalue weighted by Crippen LogP contribution is 2.22. The zero-order valence-electron chi connectivity index (χ0n) is 15.1. The summed E-state index contributed by atoms with van der Waals surface area (Å²) in [6.45, 7) is 6.58. The summed E-state index contributed by atoms with van der Waals surface area (Å²) in [5.41, 5.74) is 2.19. The van der Waals surface area contributed by atoms with E-state index in [1.165, 1.54) is 22.0 Å². The van der Waals surface area contributed by atoms with Crippen LogP contribution in [0, 0.1) is 13.8 Å². The summed E-state index contributed by atoms with van der Waals surface area (Å²) >= 11 is 1.33. The number of anilines is 2. The number of benzene rings is 1. The lowest BCUT2D eigenvalue weighted by Gasteiger charge is -2.25. The first-order valence-corrected chi connectivity index (χ1v) is 9.45. The van der Waals surface area contributed by atoms with Gasteiger partial charge in [-0.05, 0) is 25.5 Å². The quantitative estimate of drug-likeness (QED) is 0.740. The predicted molar refractivity (Wildman–Crippen MR) is 104 cm³/mol. The van der Waals surface area contributed by atoms with Gasteiger partial charge in [-0.3, -0.25) is 9.59 Å². The maximum Gasteiger partial charge on any atom is 0.288 e. The van der Waals surface area contributed by atoms with Crippen LogP contribution in [0.15, 0.2) is 29.2 Å². The van der Waals surface area contributed by atoms with Crippen molar-refractivity contribution in [3.05, 3.63) is 51.4 Å². The molecule has 140 valence electrons. The first kappa shape index (κ1) is 17.6. The molecule has 0 unspecified atom stereocenters. The van der Waals surface area contributed by atoms with Crippen molar-refractivity contribution in [2.45, 2.75) is 13.8 Å². The smallest absolute Gasteiger partial charge is 0.288 e. The number of aromatic nitrogens is 3. The fourth-order valence-corrected chi connectivity index (χ4v) is 3.87. The Balaban J connectivity index is 1.64. The van der Waals surface area contributed by atoms with Crippen LogP contribution >= 0.6 is 11.3 Å². The van der Waals surface area contributed by atoms with Gasteiger partial charge in [-0.15, -0.1) is 5.10 Å². The normalized spacial score (nSPS) is 14.5. The van der Waals surface area contributed by atoms with Gasteiger partial charge in [0.2, 0.25) is 10.1 Å². The van der Waals surface area contributed by atoms with Crippen molar-refractivity contribution in [3.63, 3.8) is 0 Å². The van der Waals surface area contributed by atoms with Crippen LogP contribution in [0.5, 0.6) is 0 Å². The molecule has 3 heterocycles. The first-order valence-electron chi connectivity index (χ1n) is 8.63. The standard InChI is InChI=1S/C18H19N5O3S/c1-11-3-4-14(12(2)9-11)20-15(24)13-10-19-17-23(16(13)25)21-18(27-17)22-5-7-26-8-6-22/h3-4,9-10H,5-8H2,1-2H3,(H,20,24). The maximum absolute atomic E-state index is 12.8. The Bertz CT molecular complexity index is 1070. The predicted octanol–water partition coefficient (Wildman–Crippen LogP) is 1.86. The molecule has 0 atom stereocenters. The first-order chi connectivity index (χ1) is 13.0. The van der Waals surface area contributed by atoms with Crippen molar-refractivity contribution < 1.29 is 9.53 Å². The lowest BCUT2D eigenvalue weighted by atomic mass is 10.1. The van der Waals surface area contributed by atoms with E-state index in [2.05, 4.69) is 20.3 Å². The van der Waals surface area contributed by atoms with E-state index in [-0.39, 0.29) is 5.56 Å². The lowest BCUT2D eigenvalue weighted by molar-refractivity contribution is 0.102. The average molecular weight is 385 g/mol. The Labute approximate surface area is 159 Å². The van der Waals surface area contributed by atoms with Gasteiger partial charge in [-0.25, -0.2) is 4.98 Å². The number of morpholine rings is 1. The SMILES string of the molecule is Cc1ccc(NC(=O)c2cnc3sc(N4CCOCC4)nn3c2=O)c(C)c1. The zero-order chi connectivity index (χ0) is 19.0. The monoisotopic (exact) mass is 385 g/mol. The minimum absolute atomic E-state index is 0.0358. The van der Waals surface area contributed by atoms with E-state index >= 15 is 0 Å². The van der Waals surface area contributed by atoms with E-state index < -0.39 is 11.5 Å². The summed E-state index contributed by atoms with van der Waals surface area (Å²) in [6.07, 6.45) is 1.32. The van der Waals surface area contributed by atoms with Crippen LogP contribution in [-0.4, -0.2) is 46.8 Å². The van der Waals surface area contributed by atoms with Crippen molar-refractivity contribution in [1.82, 2.24) is 14.6 Å². The molecule has 1 aromatic carbocycles. The van der Waals surface area contributed by atoms with Crippen LogP contribution in [0.25, 0.3) is 4.96 Å². The summed E-state index contributed by atoms with van der Waals surface area (Å²) in [7, 11) is 0. The van der Waals surface area contributed by atoms with Crippen molar-refractivity contribution in [3.8, 4) is 0 Å². The maximum atomic E-state index is 12.8. The van der Waals surface area contributed by atoms with Crippen molar-refractivity contribution in [2.75, 3.05) is 36.5 Å². The number of carbonyl (C=O) groups is 1. The Hall–Kier alpha value is -2.78. The molecule has 9 heteroatoms. The second-order valence-electron chi connectivity index (χ2n) is 6.43. The highest BCUT2D eigenvalue weighted by Gasteiger charge is 2.20. The van der Waals surface area contributed by atoms with Crippen molar-refractivity contribution in [1.29, 1.82) is 0 Å². The van der Waals surface area contributed by atoms with Gasteiger partial charge in [0, 0.05) is 25.0 Å². The molecular formula is C18H19N5O3S. The van der Waals surface area contributed by atoms with Crippen LogP contribution in [0.2, 0.25) is 0 Å². The van der Waals surface area contributed by atoms with E-state index in [0.717, 1.165) is 11.1 Å². The number of nitrogens with zero attached hydrogens (tertiary/aromatic N) is 4. The topological polar surface area (TPSA) is 88.8 Å². The van der Waals surface area contributed by atoms with Gasteiger partial charge in [0.15, 0.2) is 0 Å². The Morgan fingerprint density at radius 1 is 1.26 bits per heavy atom. The second kappa shape index (κ2) is 7.09. The summed E-state index contributed by atoms with van der Waals surface area (Å²) < 4.78 is 6.54. The van der Waals surface area contributed by atoms with Crippen LogP contribution in [-0.2, 0) is 4.74 Å². The number of hydrogen-bond donors (Lipinski definition) is 1. The summed E-state index contributed by atoms with van der Waals surface area (Å²) in [4.78, 5) is 32.1.